The van der Waals surface area contributed by atoms with Crippen LogP contribution in [0.5, 0.6) is 0 Å². The van der Waals surface area contributed by atoms with E-state index in [1.807, 2.05) is 38.9 Å². The molecular weight excluding hydrogens is 190 g/mol. The summed E-state index contributed by atoms with van der Waals surface area (Å²) in [5, 5.41) is 2.76. The third-order valence-electron chi connectivity index (χ3n) is 2.32. The van der Waals surface area contributed by atoms with Crippen molar-refractivity contribution in [1.29, 1.82) is 0 Å². The maximum absolute atomic E-state index is 11.6. The average Bonchev–Trinajstić information content (AvgIpc) is 2.20. The lowest BCUT2D eigenvalue weighted by Crippen LogP contribution is -2.37. The molecule has 0 aliphatic rings. The van der Waals surface area contributed by atoms with Gasteiger partial charge in [0.2, 0.25) is 5.91 Å². The van der Waals surface area contributed by atoms with E-state index in [-0.39, 0.29) is 11.9 Å². The predicted octanol–water partition coefficient (Wildman–Crippen LogP) is 1.28. The third kappa shape index (κ3) is 3.32. The molecule has 4 heteroatoms. The monoisotopic (exact) mass is 207 g/mol. The lowest BCUT2D eigenvalue weighted by molar-refractivity contribution is -0.119. The zero-order chi connectivity index (χ0) is 11.4. The van der Waals surface area contributed by atoms with Gasteiger partial charge in [-0.25, -0.2) is 4.98 Å². The number of hydrogen-bond donors (Lipinski definition) is 1. The maximum Gasteiger partial charge on any atom is 0.242 e. The first-order chi connectivity index (χ1) is 7.00. The van der Waals surface area contributed by atoms with E-state index in [0.29, 0.717) is 5.82 Å². The summed E-state index contributed by atoms with van der Waals surface area (Å²) in [6.45, 7) is 3.81. The van der Waals surface area contributed by atoms with Crippen molar-refractivity contribution < 1.29 is 4.79 Å². The molecule has 1 heterocycles. The highest BCUT2D eigenvalue weighted by molar-refractivity contribution is 5.93. The summed E-state index contributed by atoms with van der Waals surface area (Å²) in [7, 11) is 3.74. The molecule has 15 heavy (non-hydrogen) atoms. The van der Waals surface area contributed by atoms with Gasteiger partial charge >= 0.3 is 0 Å². The van der Waals surface area contributed by atoms with Gasteiger partial charge in [-0.3, -0.25) is 9.69 Å². The summed E-state index contributed by atoms with van der Waals surface area (Å²) in [4.78, 5) is 17.6. The first-order valence-electron chi connectivity index (χ1n) is 4.90. The second-order valence-electron chi connectivity index (χ2n) is 3.85. The topological polar surface area (TPSA) is 45.2 Å². The molecule has 82 valence electrons. The molecule has 1 unspecified atom stereocenters. The molecular formula is C11H17N3O. The number of amides is 1. The summed E-state index contributed by atoms with van der Waals surface area (Å²) in [5.74, 6) is 0.552. The highest BCUT2D eigenvalue weighted by Gasteiger charge is 2.14. The molecule has 0 aromatic carbocycles. The molecule has 1 aromatic rings. The minimum absolute atomic E-state index is 0.0450. The zero-order valence-corrected chi connectivity index (χ0v) is 9.61. The smallest absolute Gasteiger partial charge is 0.242 e. The van der Waals surface area contributed by atoms with Crippen molar-refractivity contribution in [1.82, 2.24) is 9.88 Å². The van der Waals surface area contributed by atoms with Crippen molar-refractivity contribution in [2.24, 2.45) is 0 Å². The van der Waals surface area contributed by atoms with E-state index in [0.717, 1.165) is 5.56 Å². The van der Waals surface area contributed by atoms with E-state index >= 15 is 0 Å². The van der Waals surface area contributed by atoms with Gasteiger partial charge < -0.3 is 5.32 Å². The fraction of sp³-hybridized carbons (Fsp3) is 0.455. The molecule has 1 atom stereocenters. The number of pyridine rings is 1. The largest absolute Gasteiger partial charge is 0.309 e. The third-order valence-corrected chi connectivity index (χ3v) is 2.32. The maximum atomic E-state index is 11.6. The first kappa shape index (κ1) is 11.7. The normalized spacial score (nSPS) is 12.6. The Morgan fingerprint density at radius 2 is 2.13 bits per heavy atom. The summed E-state index contributed by atoms with van der Waals surface area (Å²) >= 11 is 0. The van der Waals surface area contributed by atoms with Crippen molar-refractivity contribution in [3.05, 3.63) is 23.9 Å². The molecule has 0 saturated heterocycles. The standard InChI is InChI=1S/C11H17N3O/c1-8-5-6-10(12-7-8)13-11(15)9(2)14(3)4/h5-7,9H,1-4H3,(H,12,13,15). The highest BCUT2D eigenvalue weighted by Crippen LogP contribution is 2.05. The number of hydrogen-bond acceptors (Lipinski definition) is 3. The molecule has 0 aliphatic carbocycles. The van der Waals surface area contributed by atoms with Crippen molar-refractivity contribution in [2.75, 3.05) is 19.4 Å². The van der Waals surface area contributed by atoms with Crippen LogP contribution in [0, 0.1) is 6.92 Å². The van der Waals surface area contributed by atoms with E-state index in [1.54, 1.807) is 12.3 Å². The Balaban J connectivity index is 2.62. The van der Waals surface area contributed by atoms with Crippen molar-refractivity contribution in [3.8, 4) is 0 Å². The van der Waals surface area contributed by atoms with Gasteiger partial charge in [-0.1, -0.05) is 6.07 Å². The zero-order valence-electron chi connectivity index (χ0n) is 9.61. The van der Waals surface area contributed by atoms with Gasteiger partial charge in [0.25, 0.3) is 0 Å². The van der Waals surface area contributed by atoms with Crippen LogP contribution >= 0.6 is 0 Å². The van der Waals surface area contributed by atoms with Crippen LogP contribution in [0.1, 0.15) is 12.5 Å². The summed E-state index contributed by atoms with van der Waals surface area (Å²) in [5.41, 5.74) is 1.08. The number of nitrogens with zero attached hydrogens (tertiary/aromatic N) is 2. The van der Waals surface area contributed by atoms with Crippen LogP contribution < -0.4 is 5.32 Å². The minimum atomic E-state index is -0.159. The number of rotatable bonds is 3. The van der Waals surface area contributed by atoms with Crippen LogP contribution in [0.25, 0.3) is 0 Å². The molecule has 1 N–H and O–H groups in total. The fourth-order valence-corrected chi connectivity index (χ4v) is 1.01. The minimum Gasteiger partial charge on any atom is -0.309 e. The fourth-order valence-electron chi connectivity index (χ4n) is 1.01. The summed E-state index contributed by atoms with van der Waals surface area (Å²) in [6, 6.07) is 3.56. The Labute approximate surface area is 90.3 Å². The van der Waals surface area contributed by atoms with E-state index in [4.69, 9.17) is 0 Å². The SMILES string of the molecule is Cc1ccc(NC(=O)C(C)N(C)C)nc1. The number of aromatic nitrogens is 1. The van der Waals surface area contributed by atoms with Crippen molar-refractivity contribution in [3.63, 3.8) is 0 Å². The van der Waals surface area contributed by atoms with E-state index in [9.17, 15) is 4.79 Å². The molecule has 0 radical (unpaired) electrons. The Hall–Kier alpha value is -1.42. The Morgan fingerprint density at radius 3 is 2.60 bits per heavy atom. The Morgan fingerprint density at radius 1 is 1.47 bits per heavy atom. The number of likely N-dealkylation sites (N-methyl/N-ethyl adjacent to an activating group) is 1. The highest BCUT2D eigenvalue weighted by atomic mass is 16.2. The van der Waals surface area contributed by atoms with Gasteiger partial charge in [0.05, 0.1) is 6.04 Å². The van der Waals surface area contributed by atoms with Crippen LogP contribution in [-0.2, 0) is 4.79 Å². The summed E-state index contributed by atoms with van der Waals surface area (Å²) in [6.07, 6.45) is 1.73. The van der Waals surface area contributed by atoms with Gasteiger partial charge in [0.15, 0.2) is 0 Å². The molecule has 1 rings (SSSR count). The van der Waals surface area contributed by atoms with Crippen LogP contribution in [-0.4, -0.2) is 35.9 Å². The number of anilines is 1. The number of aryl methyl sites for hydroxylation is 1. The van der Waals surface area contributed by atoms with Crippen LogP contribution in [0.3, 0.4) is 0 Å². The Bertz CT molecular complexity index is 332. The van der Waals surface area contributed by atoms with Crippen molar-refractivity contribution in [2.45, 2.75) is 19.9 Å². The second-order valence-corrected chi connectivity index (χ2v) is 3.85. The summed E-state index contributed by atoms with van der Waals surface area (Å²) < 4.78 is 0. The van der Waals surface area contributed by atoms with Crippen LogP contribution in [0.4, 0.5) is 5.82 Å². The number of carbonyl (C=O) groups excluding carboxylic acids is 1. The first-order valence-corrected chi connectivity index (χ1v) is 4.90. The number of nitrogens with one attached hydrogen (secondary N) is 1. The molecule has 1 amide bonds. The quantitative estimate of drug-likeness (QED) is 0.812. The van der Waals surface area contributed by atoms with Gasteiger partial charge in [-0.2, -0.15) is 0 Å². The molecule has 1 aromatic heterocycles. The van der Waals surface area contributed by atoms with Gasteiger partial charge in [-0.05, 0) is 39.6 Å². The van der Waals surface area contributed by atoms with E-state index in [1.165, 1.54) is 0 Å². The molecule has 0 saturated carbocycles. The lowest BCUT2D eigenvalue weighted by atomic mass is 10.3. The van der Waals surface area contributed by atoms with Crippen LogP contribution in [0.2, 0.25) is 0 Å². The second kappa shape index (κ2) is 4.89. The van der Waals surface area contributed by atoms with E-state index in [2.05, 4.69) is 10.3 Å². The average molecular weight is 207 g/mol. The Kier molecular flexibility index (Phi) is 3.80. The molecule has 4 nitrogen and oxygen atoms in total. The van der Waals surface area contributed by atoms with Crippen LogP contribution in [0.15, 0.2) is 18.3 Å². The molecule has 0 fully saturated rings. The molecule has 0 aliphatic heterocycles. The number of carbonyl (C=O) groups is 1. The van der Waals surface area contributed by atoms with Gasteiger partial charge in [0.1, 0.15) is 5.82 Å². The van der Waals surface area contributed by atoms with E-state index < -0.39 is 0 Å². The molecule has 0 spiro atoms. The van der Waals surface area contributed by atoms with Crippen molar-refractivity contribution >= 4 is 11.7 Å². The predicted molar refractivity (Wildman–Crippen MR) is 60.8 cm³/mol. The van der Waals surface area contributed by atoms with Gasteiger partial charge in [0, 0.05) is 6.20 Å². The lowest BCUT2D eigenvalue weighted by Gasteiger charge is -2.18. The van der Waals surface area contributed by atoms with Gasteiger partial charge in [-0.15, -0.1) is 0 Å². The molecule has 0 bridgehead atoms.